The summed E-state index contributed by atoms with van der Waals surface area (Å²) in [5.41, 5.74) is 1.38. The van der Waals surface area contributed by atoms with E-state index in [9.17, 15) is 4.79 Å². The Morgan fingerprint density at radius 2 is 2.00 bits per heavy atom. The van der Waals surface area contributed by atoms with E-state index in [2.05, 4.69) is 26.7 Å². The maximum atomic E-state index is 12.5. The Morgan fingerprint density at radius 3 is 2.76 bits per heavy atom. The minimum absolute atomic E-state index is 0.313. The van der Waals surface area contributed by atoms with E-state index in [1.807, 2.05) is 0 Å². The summed E-state index contributed by atoms with van der Waals surface area (Å²) in [6.45, 7) is 1.78. The van der Waals surface area contributed by atoms with Crippen LogP contribution < -0.4 is 10.6 Å². The highest BCUT2D eigenvalue weighted by atomic mass is 16.1. The zero-order chi connectivity index (χ0) is 17.6. The number of nitrogens with one attached hydrogen (secondary N) is 2. The van der Waals surface area contributed by atoms with E-state index in [1.54, 1.807) is 37.3 Å². The standard InChI is InChI=1S/C19H21N5O/c1-13-21-17(11-18(22-13)23-15-7-3-2-4-8-15)19(25)24-16-9-5-6-14(10-16)12-20/h5-6,9-11,15H,2-4,7-8H2,1H3,(H,24,25)(H,21,22,23). The molecule has 0 radical (unpaired) electrons. The number of amides is 1. The largest absolute Gasteiger partial charge is 0.367 e. The van der Waals surface area contributed by atoms with Gasteiger partial charge >= 0.3 is 0 Å². The molecule has 1 aliphatic rings. The van der Waals surface area contributed by atoms with Gasteiger partial charge in [0, 0.05) is 17.8 Å². The number of hydrogen-bond acceptors (Lipinski definition) is 5. The Morgan fingerprint density at radius 1 is 1.20 bits per heavy atom. The van der Waals surface area contributed by atoms with Gasteiger partial charge in [0.2, 0.25) is 0 Å². The molecule has 6 nitrogen and oxygen atoms in total. The Labute approximate surface area is 147 Å². The highest BCUT2D eigenvalue weighted by Crippen LogP contribution is 2.21. The molecule has 0 saturated heterocycles. The van der Waals surface area contributed by atoms with Crippen LogP contribution in [0.2, 0.25) is 0 Å². The smallest absolute Gasteiger partial charge is 0.274 e. The van der Waals surface area contributed by atoms with Crippen LogP contribution in [0.25, 0.3) is 0 Å². The molecular weight excluding hydrogens is 314 g/mol. The van der Waals surface area contributed by atoms with E-state index in [0.29, 0.717) is 34.6 Å². The van der Waals surface area contributed by atoms with Gasteiger partial charge in [-0.2, -0.15) is 5.26 Å². The first-order valence-corrected chi connectivity index (χ1v) is 8.58. The highest BCUT2D eigenvalue weighted by Gasteiger charge is 2.16. The molecular formula is C19H21N5O. The second-order valence-corrected chi connectivity index (χ2v) is 6.31. The minimum Gasteiger partial charge on any atom is -0.367 e. The Hall–Kier alpha value is -2.94. The first-order valence-electron chi connectivity index (χ1n) is 8.58. The molecule has 1 aromatic heterocycles. The zero-order valence-electron chi connectivity index (χ0n) is 14.2. The fourth-order valence-corrected chi connectivity index (χ4v) is 3.08. The number of anilines is 2. The number of benzene rings is 1. The lowest BCUT2D eigenvalue weighted by molar-refractivity contribution is 0.102. The number of carbonyl (C=O) groups excluding carboxylic acids is 1. The van der Waals surface area contributed by atoms with Gasteiger partial charge in [-0.3, -0.25) is 4.79 Å². The zero-order valence-corrected chi connectivity index (χ0v) is 14.2. The third kappa shape index (κ3) is 4.54. The summed E-state index contributed by atoms with van der Waals surface area (Å²) >= 11 is 0. The van der Waals surface area contributed by atoms with Crippen LogP contribution in [0.1, 0.15) is 54.0 Å². The van der Waals surface area contributed by atoms with Gasteiger partial charge in [0.1, 0.15) is 17.3 Å². The van der Waals surface area contributed by atoms with E-state index in [-0.39, 0.29) is 5.91 Å². The van der Waals surface area contributed by atoms with Crippen molar-refractivity contribution in [2.45, 2.75) is 45.1 Å². The van der Waals surface area contributed by atoms with Crippen molar-refractivity contribution in [3.63, 3.8) is 0 Å². The summed E-state index contributed by atoms with van der Waals surface area (Å²) in [5, 5.41) is 15.2. The molecule has 6 heteroatoms. The van der Waals surface area contributed by atoms with E-state index in [1.165, 1.54) is 19.3 Å². The van der Waals surface area contributed by atoms with Crippen LogP contribution in [0, 0.1) is 18.3 Å². The van der Waals surface area contributed by atoms with Gasteiger partial charge in [-0.15, -0.1) is 0 Å². The molecule has 1 aromatic carbocycles. The third-order valence-electron chi connectivity index (χ3n) is 4.28. The van der Waals surface area contributed by atoms with Gasteiger partial charge in [-0.25, -0.2) is 9.97 Å². The summed E-state index contributed by atoms with van der Waals surface area (Å²) in [7, 11) is 0. The number of nitrogens with zero attached hydrogens (tertiary/aromatic N) is 3. The van der Waals surface area contributed by atoms with Crippen LogP contribution in [0.5, 0.6) is 0 Å². The molecule has 0 bridgehead atoms. The number of aromatic nitrogens is 2. The van der Waals surface area contributed by atoms with Crippen molar-refractivity contribution in [2.24, 2.45) is 0 Å². The lowest BCUT2D eigenvalue weighted by Crippen LogP contribution is -2.24. The normalized spacial score (nSPS) is 14.6. The lowest BCUT2D eigenvalue weighted by Gasteiger charge is -2.23. The van der Waals surface area contributed by atoms with Crippen molar-refractivity contribution in [2.75, 3.05) is 10.6 Å². The van der Waals surface area contributed by atoms with Gasteiger partial charge in [0.15, 0.2) is 0 Å². The first kappa shape index (κ1) is 16.9. The molecule has 128 valence electrons. The van der Waals surface area contributed by atoms with E-state index >= 15 is 0 Å². The van der Waals surface area contributed by atoms with Crippen LogP contribution >= 0.6 is 0 Å². The summed E-state index contributed by atoms with van der Waals surface area (Å²) in [6, 6.07) is 11.0. The van der Waals surface area contributed by atoms with Crippen molar-refractivity contribution >= 4 is 17.4 Å². The maximum Gasteiger partial charge on any atom is 0.274 e. The molecule has 1 fully saturated rings. The van der Waals surface area contributed by atoms with Crippen LogP contribution in [0.4, 0.5) is 11.5 Å². The Balaban J connectivity index is 1.74. The van der Waals surface area contributed by atoms with E-state index in [0.717, 1.165) is 12.8 Å². The maximum absolute atomic E-state index is 12.5. The topological polar surface area (TPSA) is 90.7 Å². The number of nitriles is 1. The van der Waals surface area contributed by atoms with Crippen molar-refractivity contribution < 1.29 is 4.79 Å². The van der Waals surface area contributed by atoms with Crippen LogP contribution in [0.15, 0.2) is 30.3 Å². The first-order chi connectivity index (χ1) is 12.1. The number of rotatable bonds is 4. The quantitative estimate of drug-likeness (QED) is 0.890. The second kappa shape index (κ2) is 7.75. The van der Waals surface area contributed by atoms with Gasteiger partial charge in [-0.05, 0) is 38.0 Å². The highest BCUT2D eigenvalue weighted by molar-refractivity contribution is 6.03. The molecule has 0 aliphatic heterocycles. The summed E-state index contributed by atoms with van der Waals surface area (Å²) < 4.78 is 0. The molecule has 1 heterocycles. The average molecular weight is 335 g/mol. The summed E-state index contributed by atoms with van der Waals surface area (Å²) in [6.07, 6.45) is 6.00. The fraction of sp³-hybridized carbons (Fsp3) is 0.368. The molecule has 1 saturated carbocycles. The number of hydrogen-bond donors (Lipinski definition) is 2. The van der Waals surface area contributed by atoms with Crippen molar-refractivity contribution in [1.29, 1.82) is 5.26 Å². The van der Waals surface area contributed by atoms with Gasteiger partial charge < -0.3 is 10.6 Å². The van der Waals surface area contributed by atoms with Gasteiger partial charge in [0.25, 0.3) is 5.91 Å². The van der Waals surface area contributed by atoms with Crippen LogP contribution in [-0.4, -0.2) is 21.9 Å². The van der Waals surface area contributed by atoms with Gasteiger partial charge in [-0.1, -0.05) is 25.3 Å². The number of carbonyl (C=O) groups is 1. The summed E-state index contributed by atoms with van der Waals surface area (Å²) in [5.74, 6) is 0.930. The Kier molecular flexibility index (Phi) is 5.24. The fourth-order valence-electron chi connectivity index (χ4n) is 3.08. The van der Waals surface area contributed by atoms with E-state index in [4.69, 9.17) is 5.26 Å². The van der Waals surface area contributed by atoms with Crippen LogP contribution in [-0.2, 0) is 0 Å². The molecule has 0 spiro atoms. The number of aryl methyl sites for hydroxylation is 1. The molecule has 2 N–H and O–H groups in total. The van der Waals surface area contributed by atoms with Crippen LogP contribution in [0.3, 0.4) is 0 Å². The molecule has 0 atom stereocenters. The molecule has 1 amide bonds. The lowest BCUT2D eigenvalue weighted by atomic mass is 9.95. The Bertz CT molecular complexity index is 806. The third-order valence-corrected chi connectivity index (χ3v) is 4.28. The minimum atomic E-state index is -0.313. The summed E-state index contributed by atoms with van der Waals surface area (Å²) in [4.78, 5) is 21.1. The van der Waals surface area contributed by atoms with E-state index < -0.39 is 0 Å². The van der Waals surface area contributed by atoms with Crippen molar-refractivity contribution in [3.05, 3.63) is 47.4 Å². The molecule has 3 rings (SSSR count). The predicted molar refractivity (Wildman–Crippen MR) is 96.4 cm³/mol. The second-order valence-electron chi connectivity index (χ2n) is 6.31. The molecule has 25 heavy (non-hydrogen) atoms. The molecule has 0 unspecified atom stereocenters. The molecule has 2 aromatic rings. The molecule has 1 aliphatic carbocycles. The predicted octanol–water partition coefficient (Wildman–Crippen LogP) is 3.65. The van der Waals surface area contributed by atoms with Gasteiger partial charge in [0.05, 0.1) is 11.6 Å². The average Bonchev–Trinajstić information content (AvgIpc) is 2.62. The monoisotopic (exact) mass is 335 g/mol. The van der Waals surface area contributed by atoms with Crippen molar-refractivity contribution in [3.8, 4) is 6.07 Å². The van der Waals surface area contributed by atoms with Crippen molar-refractivity contribution in [1.82, 2.24) is 9.97 Å². The SMILES string of the molecule is Cc1nc(NC2CCCCC2)cc(C(=O)Nc2cccc(C#N)c2)n1.